The van der Waals surface area contributed by atoms with Crippen molar-refractivity contribution in [1.29, 1.82) is 0 Å². The van der Waals surface area contributed by atoms with Gasteiger partial charge in [0.25, 0.3) is 0 Å². The molecule has 28 heavy (non-hydrogen) atoms. The number of thiazole rings is 1. The van der Waals surface area contributed by atoms with E-state index in [1.807, 2.05) is 17.5 Å². The molecular weight excluding hydrogens is 439 g/mol. The van der Waals surface area contributed by atoms with Gasteiger partial charge in [-0.2, -0.15) is 0 Å². The number of aryl methyl sites for hydroxylation is 1. The Balaban J connectivity index is 1.65. The molecule has 3 aromatic rings. The lowest BCUT2D eigenvalue weighted by atomic mass is 10.2. The van der Waals surface area contributed by atoms with Crippen LogP contribution in [0.3, 0.4) is 0 Å². The quantitative estimate of drug-likeness (QED) is 0.528. The molecule has 3 aromatic heterocycles. The fraction of sp³-hybridized carbons (Fsp3) is 0.222. The molecule has 0 aliphatic rings. The summed E-state index contributed by atoms with van der Waals surface area (Å²) in [5.41, 5.74) is 1.95. The van der Waals surface area contributed by atoms with Crippen molar-refractivity contribution in [2.45, 2.75) is 26.8 Å². The van der Waals surface area contributed by atoms with Crippen molar-refractivity contribution < 1.29 is 9.59 Å². The minimum absolute atomic E-state index is 0.0136. The van der Waals surface area contributed by atoms with Crippen LogP contribution in [0.5, 0.6) is 0 Å². The van der Waals surface area contributed by atoms with Gasteiger partial charge in [0.15, 0.2) is 5.13 Å². The van der Waals surface area contributed by atoms with E-state index >= 15 is 0 Å². The van der Waals surface area contributed by atoms with E-state index in [-0.39, 0.29) is 23.4 Å². The maximum Gasteiger partial charge on any atom is 0.230 e. The fourth-order valence-electron chi connectivity index (χ4n) is 2.37. The maximum atomic E-state index is 12.3. The molecule has 0 saturated heterocycles. The molecule has 146 valence electrons. The Morgan fingerprint density at radius 3 is 2.71 bits per heavy atom. The van der Waals surface area contributed by atoms with Gasteiger partial charge in [-0.15, -0.1) is 22.7 Å². The second kappa shape index (κ2) is 9.00. The van der Waals surface area contributed by atoms with Crippen LogP contribution in [0.2, 0.25) is 10.2 Å². The van der Waals surface area contributed by atoms with Crippen LogP contribution in [-0.4, -0.2) is 21.8 Å². The van der Waals surface area contributed by atoms with Crippen LogP contribution in [0.4, 0.5) is 5.13 Å². The molecule has 0 spiro atoms. The molecule has 0 aromatic carbocycles. The van der Waals surface area contributed by atoms with Crippen LogP contribution < -0.4 is 10.6 Å². The van der Waals surface area contributed by atoms with Gasteiger partial charge in [-0.1, -0.05) is 23.2 Å². The second-order valence-electron chi connectivity index (χ2n) is 5.95. The number of nitrogens with one attached hydrogen (secondary N) is 2. The average Bonchev–Trinajstić information content (AvgIpc) is 3.25. The van der Waals surface area contributed by atoms with E-state index in [1.54, 1.807) is 24.3 Å². The molecule has 0 saturated carbocycles. The van der Waals surface area contributed by atoms with Gasteiger partial charge >= 0.3 is 0 Å². The molecule has 0 aliphatic carbocycles. The summed E-state index contributed by atoms with van der Waals surface area (Å²) in [6, 6.07) is 5.56. The zero-order valence-corrected chi connectivity index (χ0v) is 18.2. The molecule has 3 heterocycles. The van der Waals surface area contributed by atoms with E-state index in [0.717, 1.165) is 15.4 Å². The monoisotopic (exact) mass is 454 g/mol. The summed E-state index contributed by atoms with van der Waals surface area (Å²) < 4.78 is 0. The van der Waals surface area contributed by atoms with E-state index < -0.39 is 0 Å². The van der Waals surface area contributed by atoms with E-state index in [4.69, 9.17) is 23.2 Å². The Labute approximate surface area is 179 Å². The molecule has 2 N–H and O–H groups in total. The molecule has 6 nitrogen and oxygen atoms in total. The molecule has 0 fully saturated rings. The summed E-state index contributed by atoms with van der Waals surface area (Å²) in [6.07, 6.45) is 0.0136. The summed E-state index contributed by atoms with van der Waals surface area (Å²) in [5, 5.41) is 8.53. The Morgan fingerprint density at radius 1 is 1.21 bits per heavy atom. The van der Waals surface area contributed by atoms with Gasteiger partial charge in [-0.05, 0) is 25.1 Å². The highest BCUT2D eigenvalue weighted by atomic mass is 35.5. The standard InChI is InChI=1S/C18H16Cl2N4O2S2/c1-9-5-13(19)12(17(20)22-9)6-16(26)24-18-23-14(8-27-18)15-4-3-11(28-15)7-21-10(2)25/h3-5,8H,6-7H2,1-2H3,(H,21,25)(H,23,24,26). The molecule has 2 amide bonds. The van der Waals surface area contributed by atoms with Crippen LogP contribution in [0.15, 0.2) is 23.6 Å². The predicted molar refractivity (Wildman–Crippen MR) is 114 cm³/mol. The summed E-state index contributed by atoms with van der Waals surface area (Å²) in [5.74, 6) is -0.342. The van der Waals surface area contributed by atoms with Crippen LogP contribution in [0, 0.1) is 6.92 Å². The van der Waals surface area contributed by atoms with Gasteiger partial charge < -0.3 is 10.6 Å². The van der Waals surface area contributed by atoms with E-state index in [1.165, 1.54) is 18.3 Å². The summed E-state index contributed by atoms with van der Waals surface area (Å²) in [4.78, 5) is 33.9. The summed E-state index contributed by atoms with van der Waals surface area (Å²) in [6.45, 7) is 3.75. The van der Waals surface area contributed by atoms with E-state index in [0.29, 0.717) is 28.0 Å². The smallest absolute Gasteiger partial charge is 0.230 e. The number of amides is 2. The Morgan fingerprint density at radius 2 is 2.00 bits per heavy atom. The lowest BCUT2D eigenvalue weighted by molar-refractivity contribution is -0.119. The van der Waals surface area contributed by atoms with Gasteiger partial charge in [-0.25, -0.2) is 9.97 Å². The minimum atomic E-state index is -0.270. The highest BCUT2D eigenvalue weighted by Gasteiger charge is 2.15. The number of pyridine rings is 1. The first-order valence-electron chi connectivity index (χ1n) is 8.22. The molecule has 0 aliphatic heterocycles. The van der Waals surface area contributed by atoms with Crippen molar-refractivity contribution in [3.63, 3.8) is 0 Å². The number of thiophene rings is 1. The lowest BCUT2D eigenvalue weighted by Gasteiger charge is -2.07. The molecule has 3 rings (SSSR count). The van der Waals surface area contributed by atoms with Crippen LogP contribution >= 0.6 is 45.9 Å². The second-order valence-corrected chi connectivity index (χ2v) is 8.75. The van der Waals surface area contributed by atoms with Gasteiger partial charge in [0.1, 0.15) is 5.15 Å². The molecule has 0 radical (unpaired) electrons. The molecule has 10 heteroatoms. The third-order valence-electron chi connectivity index (χ3n) is 3.66. The SMILES string of the molecule is CC(=O)NCc1ccc(-c2csc(NC(=O)Cc3c(Cl)cc(C)nc3Cl)n2)s1. The zero-order chi connectivity index (χ0) is 20.3. The van der Waals surface area contributed by atoms with Gasteiger partial charge in [0, 0.05) is 33.5 Å². The van der Waals surface area contributed by atoms with E-state index in [2.05, 4.69) is 20.6 Å². The first-order valence-corrected chi connectivity index (χ1v) is 10.7. The van der Waals surface area contributed by atoms with Gasteiger partial charge in [0.05, 0.1) is 23.5 Å². The third-order valence-corrected chi connectivity index (χ3v) is 6.18. The Hall–Kier alpha value is -2.00. The number of hydrogen-bond acceptors (Lipinski definition) is 6. The van der Waals surface area contributed by atoms with E-state index in [9.17, 15) is 9.59 Å². The molecular formula is C18H16Cl2N4O2S2. The van der Waals surface area contributed by atoms with Crippen LogP contribution in [0.25, 0.3) is 10.6 Å². The van der Waals surface area contributed by atoms with Crippen LogP contribution in [0.1, 0.15) is 23.1 Å². The first-order chi connectivity index (χ1) is 13.3. The molecule has 0 bridgehead atoms. The highest BCUT2D eigenvalue weighted by Crippen LogP contribution is 2.31. The highest BCUT2D eigenvalue weighted by molar-refractivity contribution is 7.17. The van der Waals surface area contributed by atoms with Crippen molar-refractivity contribution in [3.8, 4) is 10.6 Å². The summed E-state index contributed by atoms with van der Waals surface area (Å²) >= 11 is 15.1. The van der Waals surface area contributed by atoms with Crippen LogP contribution in [-0.2, 0) is 22.6 Å². The lowest BCUT2D eigenvalue weighted by Crippen LogP contribution is -2.17. The topological polar surface area (TPSA) is 84.0 Å². The number of halogens is 2. The number of rotatable bonds is 6. The third kappa shape index (κ3) is 5.29. The zero-order valence-electron chi connectivity index (χ0n) is 15.0. The number of anilines is 1. The Kier molecular flexibility index (Phi) is 6.66. The molecule has 0 atom stereocenters. The number of nitrogens with zero attached hydrogens (tertiary/aromatic N) is 2. The fourth-order valence-corrected chi connectivity index (χ4v) is 4.75. The van der Waals surface area contributed by atoms with Crippen molar-refractivity contribution in [3.05, 3.63) is 49.9 Å². The maximum absolute atomic E-state index is 12.3. The largest absolute Gasteiger partial charge is 0.351 e. The minimum Gasteiger partial charge on any atom is -0.351 e. The number of aromatic nitrogens is 2. The average molecular weight is 455 g/mol. The first kappa shape index (κ1) is 20.7. The van der Waals surface area contributed by atoms with Crippen molar-refractivity contribution in [2.75, 3.05) is 5.32 Å². The number of hydrogen-bond donors (Lipinski definition) is 2. The summed E-state index contributed by atoms with van der Waals surface area (Å²) in [7, 11) is 0. The van der Waals surface area contributed by atoms with Gasteiger partial charge in [-0.3, -0.25) is 9.59 Å². The van der Waals surface area contributed by atoms with Crippen molar-refractivity contribution in [2.24, 2.45) is 0 Å². The molecule has 0 unspecified atom stereocenters. The van der Waals surface area contributed by atoms with Gasteiger partial charge in [0.2, 0.25) is 11.8 Å². The Bertz CT molecular complexity index is 1010. The number of carbonyl (C=O) groups is 2. The predicted octanol–water partition coefficient (Wildman–Crippen LogP) is 4.70. The van der Waals surface area contributed by atoms with Crippen molar-refractivity contribution in [1.82, 2.24) is 15.3 Å². The number of carbonyl (C=O) groups excluding carboxylic acids is 2. The normalized spacial score (nSPS) is 10.7. The van der Waals surface area contributed by atoms with Crippen molar-refractivity contribution >= 4 is 62.8 Å².